The first-order chi connectivity index (χ1) is 17.6. The van der Waals surface area contributed by atoms with E-state index in [4.69, 9.17) is 0 Å². The van der Waals surface area contributed by atoms with Gasteiger partial charge in [0.05, 0.1) is 12.1 Å². The average molecular weight is 488 g/mol. The van der Waals surface area contributed by atoms with Crippen LogP contribution in [0.15, 0.2) is 53.3 Å². The molecule has 0 saturated carbocycles. The third-order valence-corrected chi connectivity index (χ3v) is 9.09. The number of likely N-dealkylation sites (tertiary alicyclic amines) is 1. The Bertz CT molecular complexity index is 1200. The van der Waals surface area contributed by atoms with Crippen LogP contribution in [0, 0.1) is 17.8 Å². The monoisotopic (exact) mass is 487 g/mol. The largest absolute Gasteiger partial charge is 0.396 e. The van der Waals surface area contributed by atoms with Crippen LogP contribution in [0.5, 0.6) is 0 Å². The van der Waals surface area contributed by atoms with Crippen LogP contribution in [-0.2, 0) is 17.8 Å². The number of benzene rings is 1. The van der Waals surface area contributed by atoms with E-state index in [2.05, 4.69) is 41.7 Å². The lowest BCUT2D eigenvalue weighted by Crippen LogP contribution is -2.50. The van der Waals surface area contributed by atoms with Crippen molar-refractivity contribution in [3.63, 3.8) is 0 Å². The molecule has 0 radical (unpaired) electrons. The summed E-state index contributed by atoms with van der Waals surface area (Å²) in [6.45, 7) is 2.07. The average Bonchev–Trinajstić information content (AvgIpc) is 3.47. The number of fused-ring (bicyclic) bond motifs is 3. The van der Waals surface area contributed by atoms with Crippen LogP contribution in [0.3, 0.4) is 0 Å². The molecule has 2 saturated heterocycles. The van der Waals surface area contributed by atoms with Gasteiger partial charge >= 0.3 is 0 Å². The minimum Gasteiger partial charge on any atom is -0.396 e. The second-order valence-corrected chi connectivity index (χ2v) is 11.2. The van der Waals surface area contributed by atoms with Gasteiger partial charge in [-0.05, 0) is 74.1 Å². The molecule has 4 heterocycles. The molecule has 2 fully saturated rings. The predicted octanol–water partition coefficient (Wildman–Crippen LogP) is 3.54. The molecular weight excluding hydrogens is 450 g/mol. The van der Waals surface area contributed by atoms with Gasteiger partial charge in [0.25, 0.3) is 5.56 Å². The summed E-state index contributed by atoms with van der Waals surface area (Å²) in [7, 11) is 0. The second-order valence-electron chi connectivity index (χ2n) is 11.2. The molecular formula is C30H37N3O3. The third kappa shape index (κ3) is 4.24. The molecule has 6 rings (SSSR count). The van der Waals surface area contributed by atoms with Crippen molar-refractivity contribution in [1.82, 2.24) is 14.8 Å². The number of hydrogen-bond acceptors (Lipinski definition) is 4. The van der Waals surface area contributed by atoms with Gasteiger partial charge in [-0.15, -0.1) is 0 Å². The number of carbonyl (C=O) groups is 1. The Kier molecular flexibility index (Phi) is 6.57. The molecule has 1 aromatic heterocycles. The quantitative estimate of drug-likeness (QED) is 0.677. The summed E-state index contributed by atoms with van der Waals surface area (Å²) in [6, 6.07) is 14.2. The highest BCUT2D eigenvalue weighted by Gasteiger charge is 2.51. The van der Waals surface area contributed by atoms with Gasteiger partial charge in [-0.2, -0.15) is 0 Å². The Balaban J connectivity index is 1.14. The maximum Gasteiger partial charge on any atom is 0.258 e. The van der Waals surface area contributed by atoms with Crippen LogP contribution in [0.4, 0.5) is 0 Å². The van der Waals surface area contributed by atoms with Crippen molar-refractivity contribution >= 4 is 11.5 Å². The van der Waals surface area contributed by atoms with Crippen LogP contribution in [-0.4, -0.2) is 46.2 Å². The summed E-state index contributed by atoms with van der Waals surface area (Å²) in [5.41, 5.74) is 4.40. The summed E-state index contributed by atoms with van der Waals surface area (Å²) >= 11 is 0. The Labute approximate surface area is 213 Å². The number of carbonyl (C=O) groups excluding carboxylic acids is 1. The van der Waals surface area contributed by atoms with E-state index in [1.807, 2.05) is 21.6 Å². The van der Waals surface area contributed by atoms with Gasteiger partial charge < -0.3 is 14.6 Å². The number of nitrogens with one attached hydrogen (secondary N) is 1. The zero-order valence-corrected chi connectivity index (χ0v) is 20.9. The molecule has 3 aliphatic heterocycles. The van der Waals surface area contributed by atoms with Gasteiger partial charge in [0, 0.05) is 49.3 Å². The molecule has 36 heavy (non-hydrogen) atoms. The maximum absolute atomic E-state index is 13.6. The van der Waals surface area contributed by atoms with Gasteiger partial charge in [0.2, 0.25) is 5.91 Å². The first-order valence-electron chi connectivity index (χ1n) is 13.8. The Hall–Kier alpha value is -2.70. The van der Waals surface area contributed by atoms with Gasteiger partial charge in [0.15, 0.2) is 0 Å². The lowest BCUT2D eigenvalue weighted by atomic mass is 9.87. The highest BCUT2D eigenvalue weighted by atomic mass is 16.3. The van der Waals surface area contributed by atoms with Crippen LogP contribution in [0.25, 0.3) is 5.57 Å². The molecule has 2 N–H and O–H groups in total. The molecule has 6 nitrogen and oxygen atoms in total. The zero-order valence-electron chi connectivity index (χ0n) is 20.9. The minimum absolute atomic E-state index is 0.0458. The smallest absolute Gasteiger partial charge is 0.258 e. The number of aliphatic hydroxyl groups is 1. The first-order valence-corrected chi connectivity index (χ1v) is 13.8. The summed E-state index contributed by atoms with van der Waals surface area (Å²) in [5, 5.41) is 13.9. The van der Waals surface area contributed by atoms with Crippen molar-refractivity contribution in [3.05, 3.63) is 75.7 Å². The van der Waals surface area contributed by atoms with Crippen LogP contribution < -0.4 is 10.9 Å². The number of aromatic nitrogens is 1. The SMILES string of the molecule is O=C([C@H]1N[C@H]2c3ccc(C4=CCCCC4)c(=O)n3C[C@H]2[C@@H]1CO)N1CCC(Cc2ccccc2)CC1. The molecule has 1 aliphatic carbocycles. The van der Waals surface area contributed by atoms with E-state index in [9.17, 15) is 14.7 Å². The minimum atomic E-state index is -0.389. The van der Waals surface area contributed by atoms with Crippen molar-refractivity contribution in [3.8, 4) is 0 Å². The van der Waals surface area contributed by atoms with Gasteiger partial charge in [-0.25, -0.2) is 0 Å². The number of amides is 1. The molecule has 1 amide bonds. The molecule has 0 bridgehead atoms. The fourth-order valence-corrected chi connectivity index (χ4v) is 7.07. The van der Waals surface area contributed by atoms with Crippen LogP contribution >= 0.6 is 0 Å². The van der Waals surface area contributed by atoms with E-state index in [-0.39, 0.29) is 42.0 Å². The standard InChI is InChI=1S/C30H37N3O3/c34-19-25-24-18-33-26(12-11-23(29(33)35)22-9-5-2-6-10-22)27(24)31-28(25)30(36)32-15-13-21(14-16-32)17-20-7-3-1-4-8-20/h1,3-4,7-9,11-12,21,24-25,27-28,31,34H,2,5-6,10,13-19H2/t24-,25-,27+,28-/m0/s1. The van der Waals surface area contributed by atoms with E-state index in [0.717, 1.165) is 62.9 Å². The summed E-state index contributed by atoms with van der Waals surface area (Å²) in [4.78, 5) is 28.9. The number of allylic oxidation sites excluding steroid dienone is 2. The topological polar surface area (TPSA) is 74.6 Å². The zero-order chi connectivity index (χ0) is 24.6. The fourth-order valence-electron chi connectivity index (χ4n) is 7.07. The molecule has 0 unspecified atom stereocenters. The molecule has 0 spiro atoms. The first kappa shape index (κ1) is 23.7. The van der Waals surface area contributed by atoms with Crippen molar-refractivity contribution in [2.75, 3.05) is 19.7 Å². The summed E-state index contributed by atoms with van der Waals surface area (Å²) < 4.78 is 1.89. The number of hydrogen-bond donors (Lipinski definition) is 2. The van der Waals surface area contributed by atoms with E-state index < -0.39 is 0 Å². The number of piperidine rings is 1. The van der Waals surface area contributed by atoms with Crippen molar-refractivity contribution < 1.29 is 9.90 Å². The van der Waals surface area contributed by atoms with Gasteiger partial charge in [0.1, 0.15) is 0 Å². The van der Waals surface area contributed by atoms with Crippen LogP contribution in [0.2, 0.25) is 0 Å². The number of rotatable bonds is 5. The highest BCUT2D eigenvalue weighted by Crippen LogP contribution is 2.43. The van der Waals surface area contributed by atoms with Crippen LogP contribution in [0.1, 0.15) is 61.4 Å². The van der Waals surface area contributed by atoms with Gasteiger partial charge in [-0.1, -0.05) is 36.4 Å². The summed E-state index contributed by atoms with van der Waals surface area (Å²) in [5.74, 6) is 0.594. The number of aliphatic hydroxyl groups excluding tert-OH is 1. The molecule has 1 aromatic carbocycles. The normalized spacial score (nSPS) is 28.0. The Morgan fingerprint density at radius 3 is 2.58 bits per heavy atom. The van der Waals surface area contributed by atoms with E-state index in [1.54, 1.807) is 0 Å². The Morgan fingerprint density at radius 1 is 1.06 bits per heavy atom. The molecule has 4 aliphatic rings. The highest BCUT2D eigenvalue weighted by molar-refractivity contribution is 5.83. The molecule has 6 heteroatoms. The van der Waals surface area contributed by atoms with Gasteiger partial charge in [-0.3, -0.25) is 14.9 Å². The van der Waals surface area contributed by atoms with Crippen molar-refractivity contribution in [2.45, 2.75) is 63.6 Å². The van der Waals surface area contributed by atoms with E-state index >= 15 is 0 Å². The third-order valence-electron chi connectivity index (χ3n) is 9.09. The fraction of sp³-hybridized carbons (Fsp3) is 0.533. The molecule has 2 aromatic rings. The van der Waals surface area contributed by atoms with E-state index in [0.29, 0.717) is 12.5 Å². The lowest BCUT2D eigenvalue weighted by molar-refractivity contribution is -0.136. The predicted molar refractivity (Wildman–Crippen MR) is 140 cm³/mol. The van der Waals surface area contributed by atoms with Crippen molar-refractivity contribution in [2.24, 2.45) is 17.8 Å². The molecule has 190 valence electrons. The van der Waals surface area contributed by atoms with Crippen molar-refractivity contribution in [1.29, 1.82) is 0 Å². The molecule has 4 atom stereocenters. The summed E-state index contributed by atoms with van der Waals surface area (Å²) in [6.07, 6.45) is 9.66. The lowest BCUT2D eigenvalue weighted by Gasteiger charge is -2.35. The number of pyridine rings is 1. The van der Waals surface area contributed by atoms with E-state index in [1.165, 1.54) is 17.6 Å². The number of nitrogens with zero attached hydrogens (tertiary/aromatic N) is 2. The Morgan fingerprint density at radius 2 is 1.86 bits per heavy atom. The second kappa shape index (κ2) is 9.98. The maximum atomic E-state index is 13.6.